The molecule has 0 saturated heterocycles. The molecule has 4 heteroatoms. The molecule has 0 radical (unpaired) electrons. The van der Waals surface area contributed by atoms with E-state index in [1.165, 1.54) is 16.8 Å². The van der Waals surface area contributed by atoms with E-state index in [9.17, 15) is 0 Å². The van der Waals surface area contributed by atoms with Crippen LogP contribution in [-0.4, -0.2) is 11.1 Å². The van der Waals surface area contributed by atoms with Crippen molar-refractivity contribution in [2.24, 2.45) is 0 Å². The van der Waals surface area contributed by atoms with Gasteiger partial charge in [0.15, 0.2) is 5.58 Å². The molecule has 0 bridgehead atoms. The van der Waals surface area contributed by atoms with Crippen molar-refractivity contribution in [3.63, 3.8) is 0 Å². The van der Waals surface area contributed by atoms with Gasteiger partial charge in [-0.05, 0) is 73.5 Å². The van der Waals surface area contributed by atoms with Crippen molar-refractivity contribution >= 4 is 44.8 Å². The van der Waals surface area contributed by atoms with Crippen LogP contribution in [0.25, 0.3) is 22.1 Å². The molecule has 1 aliphatic heterocycles. The Labute approximate surface area is 223 Å². The second-order valence-electron chi connectivity index (χ2n) is 10.7. The number of pyridine rings is 1. The maximum absolute atomic E-state index is 7.82. The van der Waals surface area contributed by atoms with Crippen molar-refractivity contribution in [2.75, 3.05) is 9.80 Å². The number of para-hydroxylation sites is 3. The van der Waals surface area contributed by atoms with Crippen LogP contribution in [0, 0.1) is 13.8 Å². The van der Waals surface area contributed by atoms with E-state index in [1.807, 2.05) is 12.1 Å². The maximum Gasteiger partial charge on any atom is 0.227 e. The molecule has 0 N–H and O–H groups in total. The molecular formula is C33H35N3O. The van der Waals surface area contributed by atoms with Gasteiger partial charge in [0.25, 0.3) is 0 Å². The lowest BCUT2D eigenvalue weighted by molar-refractivity contribution is 0.647. The predicted molar refractivity (Wildman–Crippen MR) is 156 cm³/mol. The standard InChI is InChI=1S/C33H35N3O/c1-19(2)24-11-10-12-25(20(3)4)31(24)36-23(7)35(28-13-8-9-14-29(28)36)30-21(5)15-17-26-27-18-16-22(6)34-33(27)37-32(26)30/h8-20,23H,1-7H3/i6D3. The molecule has 5 aromatic rings. The van der Waals surface area contributed by atoms with Crippen LogP contribution in [0.2, 0.25) is 0 Å². The molecule has 3 heterocycles. The molecule has 1 atom stereocenters. The van der Waals surface area contributed by atoms with E-state index in [0.717, 1.165) is 39.0 Å². The number of fused-ring (bicyclic) bond motifs is 4. The molecule has 1 aliphatic rings. The molecular weight excluding hydrogens is 454 g/mol. The molecule has 4 nitrogen and oxygen atoms in total. The summed E-state index contributed by atoms with van der Waals surface area (Å²) in [7, 11) is 0. The molecule has 3 aromatic carbocycles. The number of furan rings is 1. The van der Waals surface area contributed by atoms with E-state index < -0.39 is 6.85 Å². The number of aromatic nitrogens is 1. The number of nitrogens with zero attached hydrogens (tertiary/aromatic N) is 3. The first kappa shape index (κ1) is 20.3. The van der Waals surface area contributed by atoms with Crippen LogP contribution >= 0.6 is 0 Å². The number of aryl methyl sites for hydroxylation is 2. The Hall–Kier alpha value is -3.79. The average molecular weight is 493 g/mol. The zero-order valence-electron chi connectivity index (χ0n) is 25.3. The molecule has 188 valence electrons. The van der Waals surface area contributed by atoms with E-state index in [1.54, 1.807) is 6.07 Å². The Kier molecular flexibility index (Phi) is 4.75. The maximum atomic E-state index is 7.82. The molecule has 0 spiro atoms. The molecule has 0 aliphatic carbocycles. The summed E-state index contributed by atoms with van der Waals surface area (Å²) in [6, 6.07) is 22.8. The third-order valence-electron chi connectivity index (χ3n) is 7.65. The summed E-state index contributed by atoms with van der Waals surface area (Å²) in [5.74, 6) is 0.724. The summed E-state index contributed by atoms with van der Waals surface area (Å²) in [6.45, 7) is 11.1. The van der Waals surface area contributed by atoms with Crippen molar-refractivity contribution in [3.05, 3.63) is 89.1 Å². The molecule has 0 fully saturated rings. The quantitative estimate of drug-likeness (QED) is 0.250. The minimum Gasteiger partial charge on any atom is -0.435 e. The van der Waals surface area contributed by atoms with Gasteiger partial charge < -0.3 is 14.2 Å². The Morgan fingerprint density at radius 2 is 1.41 bits per heavy atom. The Balaban J connectivity index is 1.61. The van der Waals surface area contributed by atoms with Crippen molar-refractivity contribution in [1.29, 1.82) is 0 Å². The number of hydrogen-bond donors (Lipinski definition) is 0. The number of rotatable bonds is 4. The van der Waals surface area contributed by atoms with E-state index >= 15 is 0 Å². The van der Waals surface area contributed by atoms with E-state index in [-0.39, 0.29) is 11.9 Å². The van der Waals surface area contributed by atoms with Gasteiger partial charge in [0, 0.05) is 20.6 Å². The van der Waals surface area contributed by atoms with Crippen LogP contribution < -0.4 is 9.80 Å². The van der Waals surface area contributed by atoms with E-state index in [0.29, 0.717) is 17.5 Å². The first-order valence-electron chi connectivity index (χ1n) is 14.6. The summed E-state index contributed by atoms with van der Waals surface area (Å²) < 4.78 is 29.9. The van der Waals surface area contributed by atoms with E-state index in [2.05, 4.69) is 105 Å². The largest absolute Gasteiger partial charge is 0.435 e. The molecule has 1 unspecified atom stereocenters. The van der Waals surface area contributed by atoms with Crippen LogP contribution in [0.5, 0.6) is 0 Å². The molecule has 0 saturated carbocycles. The fraction of sp³-hybridized carbons (Fsp3) is 0.303. The lowest BCUT2D eigenvalue weighted by Gasteiger charge is -2.34. The normalized spacial score (nSPS) is 17.1. The van der Waals surface area contributed by atoms with Crippen molar-refractivity contribution in [1.82, 2.24) is 4.98 Å². The van der Waals surface area contributed by atoms with Gasteiger partial charge in [0.1, 0.15) is 6.17 Å². The summed E-state index contributed by atoms with van der Waals surface area (Å²) in [5, 5.41) is 1.74. The van der Waals surface area contributed by atoms with Gasteiger partial charge in [0.2, 0.25) is 5.71 Å². The molecule has 2 aromatic heterocycles. The van der Waals surface area contributed by atoms with Crippen molar-refractivity contribution in [3.8, 4) is 0 Å². The smallest absolute Gasteiger partial charge is 0.227 e. The number of hydrogen-bond acceptors (Lipinski definition) is 4. The monoisotopic (exact) mass is 492 g/mol. The lowest BCUT2D eigenvalue weighted by Crippen LogP contribution is -2.37. The highest BCUT2D eigenvalue weighted by atomic mass is 16.3. The second-order valence-corrected chi connectivity index (χ2v) is 10.7. The first-order valence-corrected chi connectivity index (χ1v) is 13.1. The third-order valence-corrected chi connectivity index (χ3v) is 7.65. The minimum atomic E-state index is -2.30. The molecule has 0 amide bonds. The first-order chi connectivity index (χ1) is 19.0. The highest BCUT2D eigenvalue weighted by Gasteiger charge is 2.39. The summed E-state index contributed by atoms with van der Waals surface area (Å²) in [5.41, 5.74) is 9.34. The highest BCUT2D eigenvalue weighted by Crippen LogP contribution is 2.53. The van der Waals surface area contributed by atoms with Gasteiger partial charge in [-0.1, -0.05) is 70.2 Å². The van der Waals surface area contributed by atoms with Gasteiger partial charge in [-0.25, -0.2) is 4.98 Å². The van der Waals surface area contributed by atoms with Crippen LogP contribution in [0.4, 0.5) is 22.7 Å². The van der Waals surface area contributed by atoms with E-state index in [4.69, 9.17) is 8.53 Å². The zero-order valence-corrected chi connectivity index (χ0v) is 22.3. The molecule has 37 heavy (non-hydrogen) atoms. The minimum absolute atomic E-state index is 0.0369. The molecule has 6 rings (SSSR count). The van der Waals surface area contributed by atoms with Gasteiger partial charge in [-0.15, -0.1) is 0 Å². The van der Waals surface area contributed by atoms with Crippen LogP contribution in [0.15, 0.2) is 71.1 Å². The Bertz CT molecular complexity index is 1730. The predicted octanol–water partition coefficient (Wildman–Crippen LogP) is 9.48. The van der Waals surface area contributed by atoms with Crippen LogP contribution in [0.3, 0.4) is 0 Å². The topological polar surface area (TPSA) is 32.5 Å². The fourth-order valence-electron chi connectivity index (χ4n) is 5.90. The van der Waals surface area contributed by atoms with Gasteiger partial charge in [0.05, 0.1) is 22.7 Å². The van der Waals surface area contributed by atoms with Gasteiger partial charge in [-0.3, -0.25) is 0 Å². The van der Waals surface area contributed by atoms with Crippen molar-refractivity contribution < 1.29 is 8.53 Å². The second kappa shape index (κ2) is 8.65. The summed E-state index contributed by atoms with van der Waals surface area (Å²) in [4.78, 5) is 9.25. The van der Waals surface area contributed by atoms with Crippen molar-refractivity contribution in [2.45, 2.75) is 66.4 Å². The fourth-order valence-corrected chi connectivity index (χ4v) is 5.90. The van der Waals surface area contributed by atoms with Crippen LogP contribution in [0.1, 0.15) is 73.0 Å². The number of anilines is 4. The third kappa shape index (κ3) is 3.53. The van der Waals surface area contributed by atoms with Gasteiger partial charge in [-0.2, -0.15) is 0 Å². The lowest BCUT2D eigenvalue weighted by atomic mass is 9.91. The summed E-state index contributed by atoms with van der Waals surface area (Å²) in [6.07, 6.45) is -0.0433. The average Bonchev–Trinajstić information content (AvgIpc) is 3.41. The van der Waals surface area contributed by atoms with Crippen LogP contribution in [-0.2, 0) is 0 Å². The highest BCUT2D eigenvalue weighted by molar-refractivity contribution is 6.10. The Morgan fingerprint density at radius 3 is 2.03 bits per heavy atom. The SMILES string of the molecule is [2H]C([2H])([2H])c1ccc2c(n1)oc1c(N3c4ccccc4N(c4c(C(C)C)cccc4C(C)C)C3C)c(C)ccc12. The zero-order chi connectivity index (χ0) is 28.5. The van der Waals surface area contributed by atoms with Gasteiger partial charge >= 0.3 is 0 Å². The number of benzene rings is 3. The Morgan fingerprint density at radius 1 is 0.784 bits per heavy atom. The summed E-state index contributed by atoms with van der Waals surface area (Å²) >= 11 is 0.